The Morgan fingerprint density at radius 2 is 1.68 bits per heavy atom. The van der Waals surface area contributed by atoms with Crippen LogP contribution in [0.3, 0.4) is 0 Å². The molecule has 40 heavy (non-hydrogen) atoms. The fourth-order valence-electron chi connectivity index (χ4n) is 5.64. The van der Waals surface area contributed by atoms with Crippen molar-refractivity contribution >= 4 is 23.3 Å². The number of aliphatic imine (C=N–C) groups is 1. The number of H-pyrrole nitrogens is 1. The summed E-state index contributed by atoms with van der Waals surface area (Å²) in [7, 11) is 0. The number of ether oxygens (including phenoxy) is 1. The lowest BCUT2D eigenvalue weighted by molar-refractivity contribution is 0.0240. The Balaban J connectivity index is 1.42. The zero-order chi connectivity index (χ0) is 28.8. The fourth-order valence-corrected chi connectivity index (χ4v) is 5.64. The van der Waals surface area contributed by atoms with Gasteiger partial charge in [-0.15, -0.1) is 0 Å². The second kappa shape index (κ2) is 10.6. The third-order valence-electron chi connectivity index (χ3n) is 7.55. The largest absolute Gasteiger partial charge is 0.444 e. The number of hydrogen-bond donors (Lipinski definition) is 1. The number of fused-ring (bicyclic) bond motifs is 1. The van der Waals surface area contributed by atoms with Gasteiger partial charge in [0.05, 0.1) is 11.3 Å². The zero-order valence-corrected chi connectivity index (χ0v) is 23.4. The summed E-state index contributed by atoms with van der Waals surface area (Å²) in [6.45, 7) is 11.8. The summed E-state index contributed by atoms with van der Waals surface area (Å²) < 4.78 is 49.5. The number of hydrogen-bond acceptors (Lipinski definition) is 5. The summed E-state index contributed by atoms with van der Waals surface area (Å²) in [5.74, 6) is -3.55. The van der Waals surface area contributed by atoms with E-state index in [4.69, 9.17) is 4.74 Å². The molecule has 0 bridgehead atoms. The molecule has 0 saturated carbocycles. The molecule has 0 radical (unpaired) electrons. The normalized spacial score (nSPS) is 19.4. The van der Waals surface area contributed by atoms with Gasteiger partial charge in [-0.2, -0.15) is 5.10 Å². The number of carbonyl (C=O) groups is 1. The first-order chi connectivity index (χ1) is 19.0. The Kier molecular flexibility index (Phi) is 7.37. The Bertz CT molecular complexity index is 1440. The van der Waals surface area contributed by atoms with Gasteiger partial charge in [0.15, 0.2) is 17.5 Å². The van der Waals surface area contributed by atoms with Crippen molar-refractivity contribution in [1.82, 2.24) is 15.1 Å². The number of amides is 1. The standard InChI is InChI=1S/C30H34F3N5O2/c1-6-20-24(23-17(2)35-36-28(23)34-27(20)25-21(31)11-12-22(32)26(25)33)18-7-9-19(10-8-18)37-13-15-38(16-14-37)29(39)40-30(3,4)5/h7-12,20,24H,6,13-16H2,1-5H3,(H,35,36). The maximum atomic E-state index is 14.9. The average molecular weight is 554 g/mol. The molecule has 1 saturated heterocycles. The van der Waals surface area contributed by atoms with Crippen LogP contribution in [0.1, 0.15) is 62.4 Å². The van der Waals surface area contributed by atoms with Gasteiger partial charge in [-0.25, -0.2) is 23.0 Å². The number of aryl methyl sites for hydroxylation is 1. The predicted molar refractivity (Wildman–Crippen MR) is 148 cm³/mol. The monoisotopic (exact) mass is 553 g/mol. The van der Waals surface area contributed by atoms with Crippen molar-refractivity contribution in [3.63, 3.8) is 0 Å². The van der Waals surface area contributed by atoms with E-state index >= 15 is 0 Å². The lowest BCUT2D eigenvalue weighted by Crippen LogP contribution is -2.50. The number of piperazine rings is 1. The van der Waals surface area contributed by atoms with E-state index < -0.39 is 34.5 Å². The van der Waals surface area contributed by atoms with Crippen LogP contribution in [-0.4, -0.2) is 58.7 Å². The minimum atomic E-state index is -1.24. The van der Waals surface area contributed by atoms with E-state index in [0.29, 0.717) is 38.4 Å². The van der Waals surface area contributed by atoms with E-state index in [1.54, 1.807) is 4.90 Å². The van der Waals surface area contributed by atoms with Crippen LogP contribution >= 0.6 is 0 Å². The summed E-state index contributed by atoms with van der Waals surface area (Å²) in [6, 6.07) is 9.79. The second-order valence-corrected chi connectivity index (χ2v) is 11.3. The molecule has 2 aromatic carbocycles. The number of anilines is 1. The minimum Gasteiger partial charge on any atom is -0.444 e. The SMILES string of the molecule is CCC1C(c2c(F)ccc(F)c2F)=Nc2n[nH]c(C)c2C1c1ccc(N2CCN(C(=O)OC(C)(C)C)CC2)cc1. The summed E-state index contributed by atoms with van der Waals surface area (Å²) in [5, 5.41) is 7.25. The molecule has 1 N–H and O–H groups in total. The summed E-state index contributed by atoms with van der Waals surface area (Å²) in [6.07, 6.45) is 0.220. The number of aromatic amines is 1. The molecular weight excluding hydrogens is 519 g/mol. The van der Waals surface area contributed by atoms with Crippen molar-refractivity contribution in [3.8, 4) is 0 Å². The van der Waals surface area contributed by atoms with Crippen molar-refractivity contribution in [2.45, 2.75) is 52.6 Å². The maximum Gasteiger partial charge on any atom is 0.410 e. The number of nitrogens with one attached hydrogen (secondary N) is 1. The Labute approximate surface area is 232 Å². The first-order valence-electron chi connectivity index (χ1n) is 13.6. The molecule has 5 rings (SSSR count). The van der Waals surface area contributed by atoms with Gasteiger partial charge >= 0.3 is 6.09 Å². The number of aromatic nitrogens is 2. The highest BCUT2D eigenvalue weighted by molar-refractivity contribution is 6.06. The van der Waals surface area contributed by atoms with Gasteiger partial charge in [0.25, 0.3) is 0 Å². The van der Waals surface area contributed by atoms with Gasteiger partial charge in [-0.05, 0) is 63.9 Å². The average Bonchev–Trinajstić information content (AvgIpc) is 3.29. The van der Waals surface area contributed by atoms with Crippen molar-refractivity contribution in [3.05, 3.63) is 76.2 Å². The highest BCUT2D eigenvalue weighted by atomic mass is 19.2. The van der Waals surface area contributed by atoms with Crippen molar-refractivity contribution in [1.29, 1.82) is 0 Å². The van der Waals surface area contributed by atoms with Gasteiger partial charge in [0.2, 0.25) is 0 Å². The van der Waals surface area contributed by atoms with Gasteiger partial charge in [0, 0.05) is 55.0 Å². The fraction of sp³-hybridized carbons (Fsp3) is 0.433. The number of carbonyl (C=O) groups excluding carboxylic acids is 1. The van der Waals surface area contributed by atoms with Crippen LogP contribution in [0, 0.1) is 30.3 Å². The molecule has 0 aliphatic carbocycles. The summed E-state index contributed by atoms with van der Waals surface area (Å²) >= 11 is 0. The maximum absolute atomic E-state index is 14.9. The van der Waals surface area contributed by atoms with E-state index in [1.807, 2.05) is 58.9 Å². The summed E-state index contributed by atoms with van der Waals surface area (Å²) in [4.78, 5) is 20.9. The lowest BCUT2D eigenvalue weighted by Gasteiger charge is -2.37. The molecule has 7 nitrogen and oxygen atoms in total. The lowest BCUT2D eigenvalue weighted by atomic mass is 9.73. The quantitative estimate of drug-likeness (QED) is 0.375. The van der Waals surface area contributed by atoms with Gasteiger partial charge in [0.1, 0.15) is 11.4 Å². The number of nitrogens with zero attached hydrogens (tertiary/aromatic N) is 4. The van der Waals surface area contributed by atoms with Crippen molar-refractivity contribution in [2.75, 3.05) is 31.1 Å². The highest BCUT2D eigenvalue weighted by Crippen LogP contribution is 2.46. The van der Waals surface area contributed by atoms with E-state index in [-0.39, 0.29) is 17.7 Å². The molecule has 1 aromatic heterocycles. The van der Waals surface area contributed by atoms with Gasteiger partial charge < -0.3 is 14.5 Å². The molecule has 2 atom stereocenters. The molecule has 10 heteroatoms. The molecule has 1 amide bonds. The van der Waals surface area contributed by atoms with Gasteiger partial charge in [-0.3, -0.25) is 5.10 Å². The molecule has 3 heterocycles. The molecule has 2 unspecified atom stereocenters. The molecule has 2 aliphatic heterocycles. The molecule has 0 spiro atoms. The molecule has 3 aromatic rings. The third kappa shape index (κ3) is 5.19. The smallest absolute Gasteiger partial charge is 0.410 e. The van der Waals surface area contributed by atoms with Crippen LogP contribution in [0.5, 0.6) is 0 Å². The first-order valence-corrected chi connectivity index (χ1v) is 13.6. The van der Waals surface area contributed by atoms with Crippen LogP contribution < -0.4 is 4.90 Å². The molecule has 2 aliphatic rings. The van der Waals surface area contributed by atoms with E-state index in [0.717, 1.165) is 34.6 Å². The van der Waals surface area contributed by atoms with E-state index in [9.17, 15) is 18.0 Å². The van der Waals surface area contributed by atoms with E-state index in [2.05, 4.69) is 20.1 Å². The Hall–Kier alpha value is -3.82. The molecule has 212 valence electrons. The summed E-state index contributed by atoms with van der Waals surface area (Å²) in [5.41, 5.74) is 2.82. The van der Waals surface area contributed by atoms with Crippen molar-refractivity contribution < 1.29 is 22.7 Å². The molecular formula is C30H34F3N5O2. The topological polar surface area (TPSA) is 73.8 Å². The Morgan fingerprint density at radius 1 is 1.02 bits per heavy atom. The van der Waals surface area contributed by atoms with Crippen LogP contribution in [0.2, 0.25) is 0 Å². The van der Waals surface area contributed by atoms with Crippen LogP contribution in [0.25, 0.3) is 0 Å². The second-order valence-electron chi connectivity index (χ2n) is 11.3. The van der Waals surface area contributed by atoms with Crippen LogP contribution in [0.15, 0.2) is 41.4 Å². The zero-order valence-electron chi connectivity index (χ0n) is 23.4. The van der Waals surface area contributed by atoms with Crippen LogP contribution in [0.4, 0.5) is 29.5 Å². The van der Waals surface area contributed by atoms with E-state index in [1.165, 1.54) is 0 Å². The minimum absolute atomic E-state index is 0.156. The third-order valence-corrected chi connectivity index (χ3v) is 7.55. The van der Waals surface area contributed by atoms with Crippen molar-refractivity contribution in [2.24, 2.45) is 10.9 Å². The number of benzene rings is 2. The molecule has 1 fully saturated rings. The predicted octanol–water partition coefficient (Wildman–Crippen LogP) is 6.49. The first kappa shape index (κ1) is 27.7. The van der Waals surface area contributed by atoms with Crippen LogP contribution in [-0.2, 0) is 4.74 Å². The Morgan fingerprint density at radius 3 is 2.30 bits per heavy atom. The number of rotatable bonds is 4. The highest BCUT2D eigenvalue weighted by Gasteiger charge is 2.39. The number of halogens is 3. The van der Waals surface area contributed by atoms with Gasteiger partial charge in [-0.1, -0.05) is 19.1 Å².